The third kappa shape index (κ3) is 4.40. The maximum atomic E-state index is 11.9. The molecule has 2 heterocycles. The van der Waals surface area contributed by atoms with E-state index in [4.69, 9.17) is 0 Å². The summed E-state index contributed by atoms with van der Waals surface area (Å²) in [6, 6.07) is 11.5. The van der Waals surface area contributed by atoms with Gasteiger partial charge in [-0.15, -0.1) is 11.3 Å². The molecule has 0 aliphatic rings. The second kappa shape index (κ2) is 7.06. The molecule has 3 rings (SSSR count). The van der Waals surface area contributed by atoms with Crippen LogP contribution in [-0.2, 0) is 13.1 Å². The number of nitrogens with one attached hydrogen (secondary N) is 2. The van der Waals surface area contributed by atoms with Crippen LogP contribution in [0.25, 0.3) is 0 Å². The fraction of sp³-hybridized carbons (Fsp3) is 0.188. The number of carbonyl (C=O) groups excluding carboxylic acids is 1. The van der Waals surface area contributed by atoms with Crippen molar-refractivity contribution in [2.45, 2.75) is 20.0 Å². The minimum absolute atomic E-state index is 0.277. The first kappa shape index (κ1) is 15.2. The van der Waals surface area contributed by atoms with Gasteiger partial charge in [-0.2, -0.15) is 5.10 Å². The Morgan fingerprint density at radius 1 is 1.26 bits per heavy atom. The molecule has 0 aliphatic heterocycles. The van der Waals surface area contributed by atoms with Gasteiger partial charge in [-0.1, -0.05) is 30.3 Å². The van der Waals surface area contributed by atoms with Crippen molar-refractivity contribution in [3.8, 4) is 0 Å². The van der Waals surface area contributed by atoms with Crippen molar-refractivity contribution in [2.75, 3.05) is 5.32 Å². The molecule has 0 bridgehead atoms. The predicted molar refractivity (Wildman–Crippen MR) is 90.5 cm³/mol. The summed E-state index contributed by atoms with van der Waals surface area (Å²) in [5.74, 6) is 0.527. The van der Waals surface area contributed by atoms with Crippen molar-refractivity contribution < 1.29 is 4.79 Å². The quantitative estimate of drug-likeness (QED) is 0.756. The number of urea groups is 1. The normalized spacial score (nSPS) is 10.5. The average molecular weight is 327 g/mol. The van der Waals surface area contributed by atoms with Crippen LogP contribution < -0.4 is 10.6 Å². The molecule has 0 saturated carbocycles. The van der Waals surface area contributed by atoms with E-state index in [1.54, 1.807) is 28.3 Å². The Balaban J connectivity index is 1.51. The molecular formula is C16H17N5OS. The maximum Gasteiger partial charge on any atom is 0.320 e. The minimum atomic E-state index is -0.277. The molecule has 0 saturated heterocycles. The predicted octanol–water partition coefficient (Wildman–Crippen LogP) is 3.02. The monoisotopic (exact) mass is 327 g/mol. The molecule has 2 amide bonds. The highest BCUT2D eigenvalue weighted by atomic mass is 32.1. The lowest BCUT2D eigenvalue weighted by Gasteiger charge is -2.04. The Labute approximate surface area is 138 Å². The van der Waals surface area contributed by atoms with Gasteiger partial charge in [0.1, 0.15) is 0 Å². The zero-order valence-electron chi connectivity index (χ0n) is 12.7. The van der Waals surface area contributed by atoms with Crippen LogP contribution in [0.15, 0.2) is 48.8 Å². The summed E-state index contributed by atoms with van der Waals surface area (Å²) in [6.07, 6.45) is 3.62. The van der Waals surface area contributed by atoms with Crippen LogP contribution in [0.1, 0.15) is 15.4 Å². The molecule has 7 heteroatoms. The summed E-state index contributed by atoms with van der Waals surface area (Å²) in [7, 11) is 0. The summed E-state index contributed by atoms with van der Waals surface area (Å²) in [5.41, 5.74) is 1.16. The lowest BCUT2D eigenvalue weighted by molar-refractivity contribution is 0.251. The number of aryl methyl sites for hydroxylation is 1. The number of thiazole rings is 1. The van der Waals surface area contributed by atoms with Crippen LogP contribution in [-0.4, -0.2) is 20.8 Å². The molecule has 23 heavy (non-hydrogen) atoms. The Morgan fingerprint density at radius 3 is 2.83 bits per heavy atom. The number of benzene rings is 1. The van der Waals surface area contributed by atoms with Crippen LogP contribution >= 0.6 is 11.3 Å². The Hall–Kier alpha value is -2.67. The van der Waals surface area contributed by atoms with Gasteiger partial charge < -0.3 is 5.32 Å². The first-order valence-corrected chi connectivity index (χ1v) is 8.04. The van der Waals surface area contributed by atoms with E-state index >= 15 is 0 Å². The second-order valence-electron chi connectivity index (χ2n) is 5.04. The maximum absolute atomic E-state index is 11.9. The molecule has 3 aromatic rings. The number of amides is 2. The minimum Gasteiger partial charge on any atom is -0.333 e. The number of rotatable bonds is 5. The van der Waals surface area contributed by atoms with E-state index in [2.05, 4.69) is 20.7 Å². The summed E-state index contributed by atoms with van der Waals surface area (Å²) < 4.78 is 1.79. The fourth-order valence-corrected chi connectivity index (χ4v) is 2.84. The van der Waals surface area contributed by atoms with Gasteiger partial charge in [0.2, 0.25) is 0 Å². The Bertz CT molecular complexity index is 781. The first-order chi connectivity index (χ1) is 11.2. The number of aromatic nitrogens is 3. The Morgan fingerprint density at radius 2 is 2.09 bits per heavy atom. The lowest BCUT2D eigenvalue weighted by Crippen LogP contribution is -2.28. The fourth-order valence-electron chi connectivity index (χ4n) is 2.10. The van der Waals surface area contributed by atoms with Crippen molar-refractivity contribution in [2.24, 2.45) is 0 Å². The molecule has 0 atom stereocenters. The van der Waals surface area contributed by atoms with E-state index < -0.39 is 0 Å². The molecule has 0 unspecified atom stereocenters. The molecule has 1 aromatic carbocycles. The highest BCUT2D eigenvalue weighted by molar-refractivity contribution is 7.11. The molecule has 0 spiro atoms. The molecule has 0 aliphatic carbocycles. The van der Waals surface area contributed by atoms with E-state index in [0.717, 1.165) is 15.4 Å². The molecule has 0 fully saturated rings. The first-order valence-electron chi connectivity index (χ1n) is 7.22. The number of anilines is 1. The van der Waals surface area contributed by atoms with Crippen molar-refractivity contribution >= 4 is 23.2 Å². The molecule has 2 aromatic heterocycles. The van der Waals surface area contributed by atoms with Crippen LogP contribution in [0.5, 0.6) is 0 Å². The molecule has 118 valence electrons. The van der Waals surface area contributed by atoms with Crippen molar-refractivity contribution in [3.05, 3.63) is 64.2 Å². The van der Waals surface area contributed by atoms with Gasteiger partial charge in [0, 0.05) is 23.3 Å². The number of carbonyl (C=O) groups is 1. The summed E-state index contributed by atoms with van der Waals surface area (Å²) >= 11 is 1.57. The summed E-state index contributed by atoms with van der Waals surface area (Å²) in [4.78, 5) is 17.0. The zero-order chi connectivity index (χ0) is 16.1. The van der Waals surface area contributed by atoms with E-state index in [-0.39, 0.29) is 6.03 Å². The van der Waals surface area contributed by atoms with Crippen molar-refractivity contribution in [3.63, 3.8) is 0 Å². The van der Waals surface area contributed by atoms with Gasteiger partial charge in [0.25, 0.3) is 0 Å². The van der Waals surface area contributed by atoms with Gasteiger partial charge >= 0.3 is 6.03 Å². The number of hydrogen-bond donors (Lipinski definition) is 2. The second-order valence-corrected chi connectivity index (χ2v) is 6.36. The smallest absolute Gasteiger partial charge is 0.320 e. The standard InChI is InChI=1S/C16H17N5OS/c1-12-17-9-14(23-12)10-18-16(22)19-15-7-8-21(20-15)11-13-5-3-2-4-6-13/h2-9H,10-11H2,1H3,(H2,18,19,20,22). The molecule has 0 radical (unpaired) electrons. The van der Waals surface area contributed by atoms with Gasteiger partial charge in [0.15, 0.2) is 5.82 Å². The van der Waals surface area contributed by atoms with Crippen LogP contribution in [0, 0.1) is 6.92 Å². The van der Waals surface area contributed by atoms with Crippen molar-refractivity contribution in [1.29, 1.82) is 0 Å². The van der Waals surface area contributed by atoms with Gasteiger partial charge in [-0.25, -0.2) is 9.78 Å². The van der Waals surface area contributed by atoms with Crippen LogP contribution in [0.3, 0.4) is 0 Å². The third-order valence-corrected chi connectivity index (χ3v) is 4.07. The van der Waals surface area contributed by atoms with Crippen LogP contribution in [0.2, 0.25) is 0 Å². The van der Waals surface area contributed by atoms with Gasteiger partial charge in [0.05, 0.1) is 18.1 Å². The van der Waals surface area contributed by atoms with Gasteiger partial charge in [-0.05, 0) is 12.5 Å². The summed E-state index contributed by atoms with van der Waals surface area (Å²) in [5, 5.41) is 10.8. The SMILES string of the molecule is Cc1ncc(CNC(=O)Nc2ccn(Cc3ccccc3)n2)s1. The van der Waals surface area contributed by atoms with E-state index in [9.17, 15) is 4.79 Å². The largest absolute Gasteiger partial charge is 0.333 e. The van der Waals surface area contributed by atoms with E-state index in [1.165, 1.54) is 0 Å². The molecule has 6 nitrogen and oxygen atoms in total. The topological polar surface area (TPSA) is 71.8 Å². The zero-order valence-corrected chi connectivity index (χ0v) is 13.5. The Kier molecular flexibility index (Phi) is 4.68. The number of nitrogens with zero attached hydrogens (tertiary/aromatic N) is 3. The number of hydrogen-bond acceptors (Lipinski definition) is 4. The van der Waals surface area contributed by atoms with Crippen molar-refractivity contribution in [1.82, 2.24) is 20.1 Å². The molecular weight excluding hydrogens is 310 g/mol. The van der Waals surface area contributed by atoms with E-state index in [0.29, 0.717) is 18.9 Å². The van der Waals surface area contributed by atoms with Gasteiger partial charge in [-0.3, -0.25) is 10.00 Å². The summed E-state index contributed by atoms with van der Waals surface area (Å²) in [6.45, 7) is 3.07. The van der Waals surface area contributed by atoms with Crippen LogP contribution in [0.4, 0.5) is 10.6 Å². The lowest BCUT2D eigenvalue weighted by atomic mass is 10.2. The third-order valence-electron chi connectivity index (χ3n) is 3.16. The highest BCUT2D eigenvalue weighted by Crippen LogP contribution is 2.11. The van der Waals surface area contributed by atoms with E-state index in [1.807, 2.05) is 43.5 Å². The average Bonchev–Trinajstić information content (AvgIpc) is 3.15. The highest BCUT2D eigenvalue weighted by Gasteiger charge is 2.06. The molecule has 2 N–H and O–H groups in total.